The molecule has 23 heavy (non-hydrogen) atoms. The first-order valence-electron chi connectivity index (χ1n) is 7.63. The molecule has 0 radical (unpaired) electrons. The number of carboxylic acid groups (broad SMARTS) is 2. The van der Waals surface area contributed by atoms with Crippen molar-refractivity contribution in [2.24, 2.45) is 0 Å². The molecular weight excluding hydrogens is 302 g/mol. The number of hydrogen-bond donors (Lipinski definition) is 2. The average molecular weight is 329 g/mol. The number of carboxylic acids is 2. The van der Waals surface area contributed by atoms with Gasteiger partial charge in [0.05, 0.1) is 0 Å². The highest BCUT2D eigenvalue weighted by molar-refractivity contribution is 5.80. The second-order valence-corrected chi connectivity index (χ2v) is 6.27. The van der Waals surface area contributed by atoms with E-state index in [0.717, 1.165) is 4.90 Å². The molecule has 2 N–H and O–H groups in total. The highest BCUT2D eigenvalue weighted by Gasteiger charge is 2.31. The maximum Gasteiger partial charge on any atom is 0.411 e. The summed E-state index contributed by atoms with van der Waals surface area (Å²) in [6.07, 6.45) is 2.63. The quantitative estimate of drug-likeness (QED) is 0.472. The van der Waals surface area contributed by atoms with Gasteiger partial charge in [0.25, 0.3) is 0 Å². The van der Waals surface area contributed by atoms with E-state index in [9.17, 15) is 19.5 Å². The zero-order chi connectivity index (χ0) is 18.0. The van der Waals surface area contributed by atoms with Crippen LogP contribution in [0.15, 0.2) is 12.7 Å². The van der Waals surface area contributed by atoms with Crippen LogP contribution >= 0.6 is 0 Å². The summed E-state index contributed by atoms with van der Waals surface area (Å²) < 4.78 is 5.24. The fourth-order valence-electron chi connectivity index (χ4n) is 1.99. The van der Waals surface area contributed by atoms with E-state index in [2.05, 4.69) is 6.58 Å². The summed E-state index contributed by atoms with van der Waals surface area (Å²) in [6, 6.07) is -1.02. The van der Waals surface area contributed by atoms with Gasteiger partial charge in [-0.3, -0.25) is 9.69 Å². The maximum absolute atomic E-state index is 12.2. The Hall–Kier alpha value is -2.05. The van der Waals surface area contributed by atoms with Gasteiger partial charge < -0.3 is 14.9 Å². The number of carbonyl (C=O) groups is 3. The van der Waals surface area contributed by atoms with Gasteiger partial charge in [0.1, 0.15) is 11.6 Å². The molecular formula is C16H27NO6. The standard InChI is InChI=1S/C16H27NO6/c1-5-11-17(15(22)23-16(2,3)4)12(14(20)21)9-7-6-8-10-13(18)19/h5,12H,1,6-11H2,2-4H3,(H,18,19)(H,20,21)/t12-/m0/s1. The molecule has 132 valence electrons. The zero-order valence-corrected chi connectivity index (χ0v) is 14.1. The van der Waals surface area contributed by atoms with Crippen LogP contribution in [0.1, 0.15) is 52.9 Å². The second-order valence-electron chi connectivity index (χ2n) is 6.27. The molecule has 0 aliphatic heterocycles. The summed E-state index contributed by atoms with van der Waals surface area (Å²) in [5, 5.41) is 18.0. The first kappa shape index (κ1) is 20.9. The summed E-state index contributed by atoms with van der Waals surface area (Å²) in [7, 11) is 0. The van der Waals surface area contributed by atoms with Crippen LogP contribution in [-0.4, -0.2) is 51.3 Å². The van der Waals surface area contributed by atoms with Crippen LogP contribution in [0.25, 0.3) is 0 Å². The Morgan fingerprint density at radius 3 is 2.22 bits per heavy atom. The molecule has 1 amide bonds. The fraction of sp³-hybridized carbons (Fsp3) is 0.688. The Morgan fingerprint density at radius 2 is 1.78 bits per heavy atom. The second kappa shape index (κ2) is 9.86. The van der Waals surface area contributed by atoms with E-state index in [1.807, 2.05) is 0 Å². The number of carbonyl (C=O) groups excluding carboxylic acids is 1. The Morgan fingerprint density at radius 1 is 1.17 bits per heavy atom. The Balaban J connectivity index is 4.76. The van der Waals surface area contributed by atoms with Gasteiger partial charge in [0, 0.05) is 13.0 Å². The van der Waals surface area contributed by atoms with Crippen molar-refractivity contribution >= 4 is 18.0 Å². The highest BCUT2D eigenvalue weighted by atomic mass is 16.6. The van der Waals surface area contributed by atoms with Crippen molar-refractivity contribution in [2.45, 2.75) is 64.5 Å². The van der Waals surface area contributed by atoms with Crippen molar-refractivity contribution in [2.75, 3.05) is 6.54 Å². The molecule has 0 saturated heterocycles. The van der Waals surface area contributed by atoms with Crippen molar-refractivity contribution < 1.29 is 29.3 Å². The van der Waals surface area contributed by atoms with Crippen molar-refractivity contribution in [1.29, 1.82) is 0 Å². The number of aliphatic carboxylic acids is 2. The smallest absolute Gasteiger partial charge is 0.411 e. The molecule has 0 aliphatic carbocycles. The van der Waals surface area contributed by atoms with E-state index in [1.54, 1.807) is 20.8 Å². The third kappa shape index (κ3) is 9.55. The van der Waals surface area contributed by atoms with Gasteiger partial charge in [-0.2, -0.15) is 0 Å². The molecule has 0 aromatic heterocycles. The average Bonchev–Trinajstić information content (AvgIpc) is 2.38. The summed E-state index contributed by atoms with van der Waals surface area (Å²) in [5.74, 6) is -1.99. The minimum absolute atomic E-state index is 0.0557. The minimum atomic E-state index is -1.11. The zero-order valence-electron chi connectivity index (χ0n) is 14.1. The van der Waals surface area contributed by atoms with Gasteiger partial charge in [-0.25, -0.2) is 9.59 Å². The van der Waals surface area contributed by atoms with Gasteiger partial charge in [0.2, 0.25) is 0 Å². The minimum Gasteiger partial charge on any atom is -0.481 e. The van der Waals surface area contributed by atoms with Gasteiger partial charge in [0.15, 0.2) is 0 Å². The van der Waals surface area contributed by atoms with Crippen LogP contribution in [0, 0.1) is 0 Å². The lowest BCUT2D eigenvalue weighted by atomic mass is 10.1. The molecule has 7 nitrogen and oxygen atoms in total. The summed E-state index contributed by atoms with van der Waals surface area (Å²) in [5.41, 5.74) is -0.721. The van der Waals surface area contributed by atoms with E-state index < -0.39 is 29.7 Å². The van der Waals surface area contributed by atoms with E-state index in [1.165, 1.54) is 6.08 Å². The maximum atomic E-state index is 12.2. The van der Waals surface area contributed by atoms with Gasteiger partial charge in [-0.1, -0.05) is 18.9 Å². The number of amides is 1. The van der Waals surface area contributed by atoms with Crippen molar-refractivity contribution in [1.82, 2.24) is 4.90 Å². The molecule has 0 saturated carbocycles. The first-order chi connectivity index (χ1) is 10.6. The van der Waals surface area contributed by atoms with Crippen molar-refractivity contribution in [3.63, 3.8) is 0 Å². The molecule has 7 heteroatoms. The number of unbranched alkanes of at least 4 members (excludes halogenated alkanes) is 2. The number of ether oxygens (including phenoxy) is 1. The third-order valence-electron chi connectivity index (χ3n) is 2.98. The number of hydrogen-bond acceptors (Lipinski definition) is 4. The van der Waals surface area contributed by atoms with Gasteiger partial charge >= 0.3 is 18.0 Å². The first-order valence-corrected chi connectivity index (χ1v) is 7.63. The summed E-state index contributed by atoms with van der Waals surface area (Å²) in [6.45, 7) is 8.73. The third-order valence-corrected chi connectivity index (χ3v) is 2.98. The monoisotopic (exact) mass is 329 g/mol. The fourth-order valence-corrected chi connectivity index (χ4v) is 1.99. The predicted molar refractivity (Wildman–Crippen MR) is 85.3 cm³/mol. The van der Waals surface area contributed by atoms with Crippen molar-refractivity contribution in [3.8, 4) is 0 Å². The summed E-state index contributed by atoms with van der Waals surface area (Å²) in [4.78, 5) is 35.2. The Bertz CT molecular complexity index is 427. The van der Waals surface area contributed by atoms with Crippen LogP contribution in [0.2, 0.25) is 0 Å². The van der Waals surface area contributed by atoms with Crippen LogP contribution in [0.3, 0.4) is 0 Å². The Labute approximate surface area is 136 Å². The predicted octanol–water partition coefficient (Wildman–Crippen LogP) is 2.90. The molecule has 0 unspecified atom stereocenters. The van der Waals surface area contributed by atoms with Gasteiger partial charge in [-0.05, 0) is 33.6 Å². The van der Waals surface area contributed by atoms with E-state index in [4.69, 9.17) is 9.84 Å². The molecule has 0 rings (SSSR count). The number of nitrogens with zero attached hydrogens (tertiary/aromatic N) is 1. The number of rotatable bonds is 10. The highest BCUT2D eigenvalue weighted by Crippen LogP contribution is 2.16. The molecule has 0 aliphatic rings. The molecule has 0 aromatic carbocycles. The molecule has 0 aromatic rings. The molecule has 0 fully saturated rings. The molecule has 1 atom stereocenters. The summed E-state index contributed by atoms with van der Waals surface area (Å²) >= 11 is 0. The van der Waals surface area contributed by atoms with E-state index in [0.29, 0.717) is 19.3 Å². The van der Waals surface area contributed by atoms with E-state index in [-0.39, 0.29) is 19.4 Å². The van der Waals surface area contributed by atoms with Gasteiger partial charge in [-0.15, -0.1) is 6.58 Å². The Kier molecular flexibility index (Phi) is 8.98. The largest absolute Gasteiger partial charge is 0.481 e. The van der Waals surface area contributed by atoms with Crippen LogP contribution in [0.5, 0.6) is 0 Å². The van der Waals surface area contributed by atoms with Crippen LogP contribution in [0.4, 0.5) is 4.79 Å². The van der Waals surface area contributed by atoms with E-state index >= 15 is 0 Å². The molecule has 0 heterocycles. The SMILES string of the molecule is C=CCN(C(=O)OC(C)(C)C)[C@@H](CCCCCC(=O)O)C(=O)O. The lowest BCUT2D eigenvalue weighted by Gasteiger charge is -2.30. The van der Waals surface area contributed by atoms with Crippen LogP contribution in [-0.2, 0) is 14.3 Å². The molecule has 0 spiro atoms. The normalized spacial score (nSPS) is 12.3. The van der Waals surface area contributed by atoms with Crippen molar-refractivity contribution in [3.05, 3.63) is 12.7 Å². The van der Waals surface area contributed by atoms with Crippen LogP contribution < -0.4 is 0 Å². The lowest BCUT2D eigenvalue weighted by molar-refractivity contribution is -0.143. The lowest BCUT2D eigenvalue weighted by Crippen LogP contribution is -2.47. The molecule has 0 bridgehead atoms. The topological polar surface area (TPSA) is 104 Å².